The summed E-state index contributed by atoms with van der Waals surface area (Å²) in [6, 6.07) is 9.61. The number of likely N-dealkylation sites (tertiary alicyclic amines) is 1. The van der Waals surface area contributed by atoms with Crippen molar-refractivity contribution in [2.24, 2.45) is 0 Å². The van der Waals surface area contributed by atoms with E-state index >= 15 is 0 Å². The van der Waals surface area contributed by atoms with Crippen LogP contribution < -0.4 is 5.32 Å². The third-order valence-corrected chi connectivity index (χ3v) is 3.88. The fraction of sp³-hybridized carbons (Fsp3) is 0.625. The average Bonchev–Trinajstić information content (AvgIpc) is 2.91. The molecule has 1 aromatic rings. The van der Waals surface area contributed by atoms with Gasteiger partial charge in [-0.3, -0.25) is 0 Å². The Morgan fingerprint density at radius 1 is 1.11 bits per heavy atom. The quantitative estimate of drug-likeness (QED) is 0.830. The Kier molecular flexibility index (Phi) is 5.21. The molecular formula is C16H26N2. The third kappa shape index (κ3) is 3.56. The molecule has 0 saturated carbocycles. The molecule has 0 aromatic heterocycles. The first kappa shape index (κ1) is 13.6. The normalized spacial score (nSPS) is 18.1. The minimum absolute atomic E-state index is 0.485. The van der Waals surface area contributed by atoms with Crippen LogP contribution in [0.25, 0.3) is 0 Å². The first-order chi connectivity index (χ1) is 8.83. The van der Waals surface area contributed by atoms with E-state index in [1.165, 1.54) is 37.1 Å². The lowest BCUT2D eigenvalue weighted by Gasteiger charge is -2.24. The second kappa shape index (κ2) is 6.91. The summed E-state index contributed by atoms with van der Waals surface area (Å²) in [5.41, 5.74) is 2.86. The molecule has 2 heteroatoms. The molecule has 1 aliphatic rings. The maximum atomic E-state index is 3.62. The van der Waals surface area contributed by atoms with Gasteiger partial charge in [0.2, 0.25) is 0 Å². The molecule has 1 aromatic carbocycles. The van der Waals surface area contributed by atoms with Crippen molar-refractivity contribution in [3.63, 3.8) is 0 Å². The zero-order valence-electron chi connectivity index (χ0n) is 11.8. The summed E-state index contributed by atoms with van der Waals surface area (Å²) < 4.78 is 0. The third-order valence-electron chi connectivity index (χ3n) is 3.88. The number of hydrogen-bond acceptors (Lipinski definition) is 2. The van der Waals surface area contributed by atoms with Crippen molar-refractivity contribution >= 4 is 0 Å². The highest BCUT2D eigenvalue weighted by molar-refractivity contribution is 5.25. The van der Waals surface area contributed by atoms with E-state index in [0.717, 1.165) is 19.5 Å². The Morgan fingerprint density at radius 2 is 1.78 bits per heavy atom. The van der Waals surface area contributed by atoms with Crippen molar-refractivity contribution < 1.29 is 0 Å². The van der Waals surface area contributed by atoms with E-state index in [1.54, 1.807) is 0 Å². The highest BCUT2D eigenvalue weighted by atomic mass is 15.2. The molecule has 1 heterocycles. The van der Waals surface area contributed by atoms with Crippen LogP contribution in [0.3, 0.4) is 0 Å². The van der Waals surface area contributed by atoms with Crippen LogP contribution in [0.15, 0.2) is 24.3 Å². The van der Waals surface area contributed by atoms with Gasteiger partial charge in [0, 0.05) is 12.6 Å². The number of nitrogens with zero attached hydrogens (tertiary/aromatic N) is 1. The minimum Gasteiger partial charge on any atom is -0.309 e. The summed E-state index contributed by atoms with van der Waals surface area (Å²) in [5, 5.41) is 3.62. The Morgan fingerprint density at radius 3 is 2.33 bits per heavy atom. The Hall–Kier alpha value is -0.860. The van der Waals surface area contributed by atoms with E-state index in [0.29, 0.717) is 6.04 Å². The number of hydrogen-bond donors (Lipinski definition) is 1. The fourth-order valence-corrected chi connectivity index (χ4v) is 2.74. The van der Waals surface area contributed by atoms with Gasteiger partial charge in [-0.2, -0.15) is 0 Å². The predicted molar refractivity (Wildman–Crippen MR) is 77.9 cm³/mol. The second-order valence-electron chi connectivity index (χ2n) is 5.21. The molecule has 0 spiro atoms. The van der Waals surface area contributed by atoms with Gasteiger partial charge in [0.25, 0.3) is 0 Å². The van der Waals surface area contributed by atoms with Crippen LogP contribution in [0, 0.1) is 0 Å². The minimum atomic E-state index is 0.485. The molecule has 2 rings (SSSR count). The second-order valence-corrected chi connectivity index (χ2v) is 5.21. The van der Waals surface area contributed by atoms with Gasteiger partial charge in [-0.25, -0.2) is 0 Å². The maximum Gasteiger partial charge on any atom is 0.0449 e. The Balaban J connectivity index is 2.02. The standard InChI is InChI=1S/C16H26N2/c1-3-14-7-9-15(10-8-14)16(17-4-2)13-18-11-5-6-12-18/h7-10,16-17H,3-6,11-13H2,1-2H3. The van der Waals surface area contributed by atoms with Crippen LogP contribution in [0.2, 0.25) is 0 Å². The largest absolute Gasteiger partial charge is 0.309 e. The number of benzene rings is 1. The van der Waals surface area contributed by atoms with Crippen molar-refractivity contribution in [2.45, 2.75) is 39.2 Å². The molecule has 0 amide bonds. The number of rotatable bonds is 6. The molecular weight excluding hydrogens is 220 g/mol. The fourth-order valence-electron chi connectivity index (χ4n) is 2.74. The molecule has 0 aliphatic carbocycles. The molecule has 0 bridgehead atoms. The van der Waals surface area contributed by atoms with E-state index in [-0.39, 0.29) is 0 Å². The van der Waals surface area contributed by atoms with Gasteiger partial charge >= 0.3 is 0 Å². The molecule has 18 heavy (non-hydrogen) atoms. The van der Waals surface area contributed by atoms with Gasteiger partial charge in [-0.05, 0) is 50.0 Å². The first-order valence-corrected chi connectivity index (χ1v) is 7.38. The summed E-state index contributed by atoms with van der Waals surface area (Å²) >= 11 is 0. The van der Waals surface area contributed by atoms with Gasteiger partial charge in [0.15, 0.2) is 0 Å². The molecule has 2 nitrogen and oxygen atoms in total. The molecule has 0 radical (unpaired) electrons. The summed E-state index contributed by atoms with van der Waals surface area (Å²) in [6.45, 7) is 9.13. The molecule has 1 unspecified atom stereocenters. The van der Waals surface area contributed by atoms with E-state index < -0.39 is 0 Å². The molecule has 1 N–H and O–H groups in total. The molecule has 1 fully saturated rings. The summed E-state index contributed by atoms with van der Waals surface area (Å²) in [6.07, 6.45) is 3.86. The van der Waals surface area contributed by atoms with Crippen LogP contribution in [0.1, 0.15) is 43.9 Å². The van der Waals surface area contributed by atoms with E-state index in [1.807, 2.05) is 0 Å². The van der Waals surface area contributed by atoms with Crippen LogP contribution in [0.5, 0.6) is 0 Å². The van der Waals surface area contributed by atoms with Crippen molar-refractivity contribution in [3.05, 3.63) is 35.4 Å². The highest BCUT2D eigenvalue weighted by Crippen LogP contribution is 2.18. The molecule has 1 aliphatic heterocycles. The van der Waals surface area contributed by atoms with E-state index in [9.17, 15) is 0 Å². The lowest BCUT2D eigenvalue weighted by molar-refractivity contribution is 0.294. The number of aryl methyl sites for hydroxylation is 1. The zero-order chi connectivity index (χ0) is 12.8. The van der Waals surface area contributed by atoms with Crippen LogP contribution in [-0.2, 0) is 6.42 Å². The first-order valence-electron chi connectivity index (χ1n) is 7.38. The van der Waals surface area contributed by atoms with E-state index in [4.69, 9.17) is 0 Å². The zero-order valence-corrected chi connectivity index (χ0v) is 11.8. The van der Waals surface area contributed by atoms with Crippen molar-refractivity contribution in [3.8, 4) is 0 Å². The van der Waals surface area contributed by atoms with Gasteiger partial charge < -0.3 is 10.2 Å². The monoisotopic (exact) mass is 246 g/mol. The van der Waals surface area contributed by atoms with Gasteiger partial charge in [-0.15, -0.1) is 0 Å². The average molecular weight is 246 g/mol. The number of likely N-dealkylation sites (N-methyl/N-ethyl adjacent to an activating group) is 1. The molecule has 100 valence electrons. The predicted octanol–water partition coefficient (Wildman–Crippen LogP) is 3.00. The van der Waals surface area contributed by atoms with Crippen molar-refractivity contribution in [2.75, 3.05) is 26.2 Å². The Labute approximate surface area is 111 Å². The topological polar surface area (TPSA) is 15.3 Å². The van der Waals surface area contributed by atoms with Crippen LogP contribution in [0.4, 0.5) is 0 Å². The SMILES string of the molecule is CCNC(CN1CCCC1)c1ccc(CC)cc1. The maximum absolute atomic E-state index is 3.62. The summed E-state index contributed by atoms with van der Waals surface area (Å²) in [4.78, 5) is 2.58. The van der Waals surface area contributed by atoms with E-state index in [2.05, 4.69) is 48.3 Å². The Bertz CT molecular complexity index is 339. The van der Waals surface area contributed by atoms with Gasteiger partial charge in [0.05, 0.1) is 0 Å². The lowest BCUT2D eigenvalue weighted by Crippen LogP contribution is -2.33. The van der Waals surface area contributed by atoms with Crippen molar-refractivity contribution in [1.82, 2.24) is 10.2 Å². The molecule has 1 saturated heterocycles. The van der Waals surface area contributed by atoms with Crippen molar-refractivity contribution in [1.29, 1.82) is 0 Å². The highest BCUT2D eigenvalue weighted by Gasteiger charge is 2.18. The van der Waals surface area contributed by atoms with Crippen LogP contribution >= 0.6 is 0 Å². The van der Waals surface area contributed by atoms with Gasteiger partial charge in [0.1, 0.15) is 0 Å². The smallest absolute Gasteiger partial charge is 0.0449 e. The lowest BCUT2D eigenvalue weighted by atomic mass is 10.0. The van der Waals surface area contributed by atoms with Crippen LogP contribution in [-0.4, -0.2) is 31.1 Å². The molecule has 1 atom stereocenters. The summed E-state index contributed by atoms with van der Waals surface area (Å²) in [7, 11) is 0. The summed E-state index contributed by atoms with van der Waals surface area (Å²) in [5.74, 6) is 0. The number of nitrogens with one attached hydrogen (secondary N) is 1. The van der Waals surface area contributed by atoms with Gasteiger partial charge in [-0.1, -0.05) is 38.1 Å².